The number of hydrogen-bond donors (Lipinski definition) is 2. The molecule has 3 heterocycles. The molecule has 2 N–H and O–H groups in total. The minimum atomic E-state index is -0.423. The molecule has 0 bridgehead atoms. The summed E-state index contributed by atoms with van der Waals surface area (Å²) >= 11 is 1.43. The fourth-order valence-electron chi connectivity index (χ4n) is 4.05. The Morgan fingerprint density at radius 3 is 3.06 bits per heavy atom. The third kappa shape index (κ3) is 6.18. The van der Waals surface area contributed by atoms with E-state index < -0.39 is 6.09 Å². The highest BCUT2D eigenvalue weighted by molar-refractivity contribution is 7.16. The fourth-order valence-corrected chi connectivity index (χ4v) is 5.37. The Bertz CT molecular complexity index is 1050. The predicted octanol–water partition coefficient (Wildman–Crippen LogP) is 3.68. The van der Waals surface area contributed by atoms with Gasteiger partial charge < -0.3 is 20.1 Å². The topological polar surface area (TPSA) is 113 Å². The van der Waals surface area contributed by atoms with E-state index in [1.807, 2.05) is 6.07 Å². The lowest BCUT2D eigenvalue weighted by molar-refractivity contribution is -0.111. The van der Waals surface area contributed by atoms with Gasteiger partial charge in [-0.1, -0.05) is 6.07 Å². The largest absolute Gasteiger partial charge is 0.449 e. The average molecular weight is 467 g/mol. The third-order valence-corrected chi connectivity index (χ3v) is 6.95. The number of anilines is 1. The zero-order valence-electron chi connectivity index (χ0n) is 18.2. The number of amides is 2. The number of nitriles is 1. The molecular weight excluding hydrogens is 440 g/mol. The summed E-state index contributed by atoms with van der Waals surface area (Å²) in [6.07, 6.45) is 10.4. The van der Waals surface area contributed by atoms with Gasteiger partial charge in [0.25, 0.3) is 0 Å². The normalized spacial score (nSPS) is 19.6. The molecule has 0 aromatic carbocycles. The van der Waals surface area contributed by atoms with Crippen LogP contribution in [-0.2, 0) is 27.1 Å². The fraction of sp³-hybridized carbons (Fsp3) is 0.417. The van der Waals surface area contributed by atoms with Crippen molar-refractivity contribution in [2.45, 2.75) is 38.2 Å². The molecule has 2 aromatic heterocycles. The maximum absolute atomic E-state index is 12.4. The van der Waals surface area contributed by atoms with Crippen molar-refractivity contribution in [1.82, 2.24) is 10.3 Å². The summed E-state index contributed by atoms with van der Waals surface area (Å²) < 4.78 is 10.9. The number of thiophene rings is 1. The van der Waals surface area contributed by atoms with Gasteiger partial charge in [-0.3, -0.25) is 9.78 Å². The Labute approximate surface area is 196 Å². The first-order valence-corrected chi connectivity index (χ1v) is 11.9. The summed E-state index contributed by atoms with van der Waals surface area (Å²) in [6, 6.07) is 5.90. The highest BCUT2D eigenvalue weighted by atomic mass is 32.1. The molecule has 2 unspecified atom stereocenters. The van der Waals surface area contributed by atoms with Crippen molar-refractivity contribution in [2.24, 2.45) is 5.92 Å². The van der Waals surface area contributed by atoms with Crippen molar-refractivity contribution >= 4 is 34.4 Å². The number of nitrogens with one attached hydrogen (secondary N) is 2. The Balaban J connectivity index is 1.30. The van der Waals surface area contributed by atoms with Crippen LogP contribution in [0.3, 0.4) is 0 Å². The van der Waals surface area contributed by atoms with Gasteiger partial charge in [0.05, 0.1) is 18.3 Å². The number of carbonyl (C=O) groups excluding carboxylic acids is 2. The molecule has 172 valence electrons. The van der Waals surface area contributed by atoms with Gasteiger partial charge in [0, 0.05) is 36.5 Å². The van der Waals surface area contributed by atoms with Gasteiger partial charge in [0.2, 0.25) is 5.91 Å². The standard InChI is InChI=1S/C24H26N4O4S/c25-12-20-19-7-5-17(15-32-24(30)27-14-18-4-2-10-31-18)11-21(19)33-23(20)28-22(29)8-6-16-3-1-9-26-13-16/h1,3,6,8-9,13,17-18H,2,4-5,7,10-11,14-15H2,(H,27,30)(H,28,29)/b8-6+. The Morgan fingerprint density at radius 1 is 1.39 bits per heavy atom. The molecule has 2 aromatic rings. The maximum Gasteiger partial charge on any atom is 0.407 e. The van der Waals surface area contributed by atoms with Crippen molar-refractivity contribution in [1.29, 1.82) is 5.26 Å². The lowest BCUT2D eigenvalue weighted by Gasteiger charge is -2.22. The van der Waals surface area contributed by atoms with Crippen LogP contribution in [0.4, 0.5) is 9.80 Å². The summed E-state index contributed by atoms with van der Waals surface area (Å²) in [6.45, 7) is 1.55. The van der Waals surface area contributed by atoms with E-state index in [2.05, 4.69) is 21.7 Å². The Hall–Kier alpha value is -3.22. The number of alkyl carbamates (subject to hydrolysis) is 1. The van der Waals surface area contributed by atoms with Gasteiger partial charge in [-0.15, -0.1) is 11.3 Å². The second-order valence-corrected chi connectivity index (χ2v) is 9.26. The molecule has 33 heavy (non-hydrogen) atoms. The quantitative estimate of drug-likeness (QED) is 0.602. The van der Waals surface area contributed by atoms with Crippen LogP contribution in [0.15, 0.2) is 30.6 Å². The summed E-state index contributed by atoms with van der Waals surface area (Å²) in [5.41, 5.74) is 2.35. The lowest BCUT2D eigenvalue weighted by Crippen LogP contribution is -2.33. The molecule has 1 aliphatic carbocycles. The molecule has 0 radical (unpaired) electrons. The number of ether oxygens (including phenoxy) is 2. The van der Waals surface area contributed by atoms with Gasteiger partial charge in [0.1, 0.15) is 11.1 Å². The average Bonchev–Trinajstić information content (AvgIpc) is 3.47. The molecule has 2 aliphatic rings. The van der Waals surface area contributed by atoms with E-state index in [1.165, 1.54) is 17.4 Å². The van der Waals surface area contributed by atoms with Gasteiger partial charge >= 0.3 is 6.09 Å². The van der Waals surface area contributed by atoms with E-state index in [4.69, 9.17) is 9.47 Å². The van der Waals surface area contributed by atoms with E-state index >= 15 is 0 Å². The van der Waals surface area contributed by atoms with Crippen molar-refractivity contribution in [3.8, 4) is 6.07 Å². The van der Waals surface area contributed by atoms with E-state index in [0.717, 1.165) is 54.7 Å². The molecule has 8 nitrogen and oxygen atoms in total. The maximum atomic E-state index is 12.4. The number of fused-ring (bicyclic) bond motifs is 1. The van der Waals surface area contributed by atoms with Gasteiger partial charge in [-0.25, -0.2) is 4.79 Å². The highest BCUT2D eigenvalue weighted by Crippen LogP contribution is 2.39. The van der Waals surface area contributed by atoms with Crippen LogP contribution >= 0.6 is 11.3 Å². The molecule has 4 rings (SSSR count). The smallest absolute Gasteiger partial charge is 0.407 e. The Morgan fingerprint density at radius 2 is 2.30 bits per heavy atom. The molecular formula is C24H26N4O4S. The Kier molecular flexibility index (Phi) is 7.70. The number of rotatable bonds is 7. The number of pyridine rings is 1. The minimum absolute atomic E-state index is 0.0816. The first-order chi connectivity index (χ1) is 16.1. The van der Waals surface area contributed by atoms with Gasteiger partial charge in [-0.05, 0) is 61.3 Å². The predicted molar refractivity (Wildman–Crippen MR) is 125 cm³/mol. The van der Waals surface area contributed by atoms with Crippen LogP contribution in [0, 0.1) is 17.2 Å². The third-order valence-electron chi connectivity index (χ3n) is 5.78. The van der Waals surface area contributed by atoms with Crippen LogP contribution < -0.4 is 10.6 Å². The van der Waals surface area contributed by atoms with Crippen LogP contribution in [0.5, 0.6) is 0 Å². The second kappa shape index (κ2) is 11.1. The first-order valence-electron chi connectivity index (χ1n) is 11.1. The molecule has 9 heteroatoms. The monoisotopic (exact) mass is 466 g/mol. The zero-order valence-corrected chi connectivity index (χ0v) is 19.0. The second-order valence-electron chi connectivity index (χ2n) is 8.15. The molecule has 1 aliphatic heterocycles. The van der Waals surface area contributed by atoms with Gasteiger partial charge in [-0.2, -0.15) is 5.26 Å². The van der Waals surface area contributed by atoms with E-state index in [-0.39, 0.29) is 17.9 Å². The molecule has 1 saturated heterocycles. The molecule has 2 atom stereocenters. The highest BCUT2D eigenvalue weighted by Gasteiger charge is 2.27. The van der Waals surface area contributed by atoms with Crippen LogP contribution in [0.2, 0.25) is 0 Å². The van der Waals surface area contributed by atoms with E-state index in [1.54, 1.807) is 24.5 Å². The molecule has 1 fully saturated rings. The lowest BCUT2D eigenvalue weighted by atomic mass is 9.88. The SMILES string of the molecule is N#Cc1c(NC(=O)/C=C/c2cccnc2)sc2c1CCC(COC(=O)NCC1CCCO1)C2. The minimum Gasteiger partial charge on any atom is -0.449 e. The van der Waals surface area contributed by atoms with E-state index in [9.17, 15) is 14.9 Å². The van der Waals surface area contributed by atoms with Crippen LogP contribution in [-0.4, -0.2) is 42.8 Å². The van der Waals surface area contributed by atoms with E-state index in [0.29, 0.717) is 23.7 Å². The summed E-state index contributed by atoms with van der Waals surface area (Å²) in [5, 5.41) is 15.8. The van der Waals surface area contributed by atoms with Crippen molar-refractivity contribution < 1.29 is 19.1 Å². The summed E-state index contributed by atoms with van der Waals surface area (Å²) in [4.78, 5) is 29.4. The van der Waals surface area contributed by atoms with Crippen LogP contribution in [0.1, 0.15) is 40.8 Å². The number of aromatic nitrogens is 1. The van der Waals surface area contributed by atoms with Crippen molar-refractivity contribution in [2.75, 3.05) is 25.1 Å². The van der Waals surface area contributed by atoms with Crippen molar-refractivity contribution in [3.05, 3.63) is 52.2 Å². The molecule has 0 spiro atoms. The first kappa shape index (κ1) is 23.0. The van der Waals surface area contributed by atoms with Gasteiger partial charge in [0.15, 0.2) is 0 Å². The summed E-state index contributed by atoms with van der Waals surface area (Å²) in [7, 11) is 0. The number of carbonyl (C=O) groups is 2. The number of hydrogen-bond acceptors (Lipinski definition) is 7. The number of nitrogens with zero attached hydrogens (tertiary/aromatic N) is 2. The van der Waals surface area contributed by atoms with Crippen molar-refractivity contribution in [3.63, 3.8) is 0 Å². The zero-order chi connectivity index (χ0) is 23.0. The summed E-state index contributed by atoms with van der Waals surface area (Å²) in [5.74, 6) is -0.109. The van der Waals surface area contributed by atoms with Crippen LogP contribution in [0.25, 0.3) is 6.08 Å². The molecule has 0 saturated carbocycles. The molecule has 2 amide bonds.